The van der Waals surface area contributed by atoms with Crippen molar-refractivity contribution < 1.29 is 0 Å². The summed E-state index contributed by atoms with van der Waals surface area (Å²) >= 11 is 0. The minimum absolute atomic E-state index is 0.195. The van der Waals surface area contributed by atoms with E-state index in [0.717, 1.165) is 24.8 Å². The van der Waals surface area contributed by atoms with E-state index in [2.05, 4.69) is 25.0 Å². The molecule has 0 N–H and O–H groups in total. The van der Waals surface area contributed by atoms with Crippen LogP contribution >= 0.6 is 0 Å². The van der Waals surface area contributed by atoms with Gasteiger partial charge in [0.05, 0.1) is 12.1 Å². The van der Waals surface area contributed by atoms with Gasteiger partial charge >= 0.3 is 0 Å². The Morgan fingerprint density at radius 3 is 2.60 bits per heavy atom. The molecule has 2 heteroatoms. The highest BCUT2D eigenvalue weighted by molar-refractivity contribution is 5.35. The molecule has 0 heterocycles. The summed E-state index contributed by atoms with van der Waals surface area (Å²) in [4.78, 5) is 0. The number of rotatable bonds is 2. The molecule has 1 aliphatic rings. The monoisotopic (exact) mass is 198 g/mol. The molecule has 0 spiro atoms. The third-order valence-corrected chi connectivity index (χ3v) is 2.97. The Morgan fingerprint density at radius 2 is 2.20 bits per heavy atom. The van der Waals surface area contributed by atoms with E-state index in [1.165, 1.54) is 0 Å². The average Bonchev–Trinajstić information content (AvgIpc) is 2.27. The van der Waals surface area contributed by atoms with Gasteiger partial charge in [-0.3, -0.25) is 0 Å². The normalized spacial score (nSPS) is 20.7. The Morgan fingerprint density at radius 1 is 1.53 bits per heavy atom. The van der Waals surface area contributed by atoms with Crippen LogP contribution in [0.15, 0.2) is 11.6 Å². The Hall–Kier alpha value is -1.72. The number of hydrogen-bond donors (Lipinski definition) is 0. The number of nitrogens with zero attached hydrogens (tertiary/aromatic N) is 2. The van der Waals surface area contributed by atoms with Crippen molar-refractivity contribution in [3.05, 3.63) is 11.6 Å². The van der Waals surface area contributed by atoms with Crippen molar-refractivity contribution in [1.29, 1.82) is 10.5 Å². The molecule has 0 aromatic rings. The largest absolute Gasteiger partial charge is 0.196 e. The second kappa shape index (κ2) is 4.68. The van der Waals surface area contributed by atoms with Gasteiger partial charge in [-0.05, 0) is 30.8 Å². The molecule has 1 rings (SSSR count). The molecule has 0 saturated carbocycles. The Bertz CT molecular complexity index is 370. The van der Waals surface area contributed by atoms with Crippen molar-refractivity contribution in [3.8, 4) is 24.5 Å². The highest BCUT2D eigenvalue weighted by Gasteiger charge is 2.34. The van der Waals surface area contributed by atoms with Crippen LogP contribution in [0.25, 0.3) is 0 Å². The van der Waals surface area contributed by atoms with Crippen molar-refractivity contribution in [2.75, 3.05) is 0 Å². The lowest BCUT2D eigenvalue weighted by molar-refractivity contribution is 0.470. The molecule has 0 aliphatic heterocycles. The first-order chi connectivity index (χ1) is 7.18. The molecular formula is C13H14N2. The number of nitriles is 2. The van der Waals surface area contributed by atoms with Gasteiger partial charge in [0.1, 0.15) is 0 Å². The molecule has 0 fully saturated rings. The minimum atomic E-state index is -1.07. The maximum Gasteiger partial charge on any atom is 0.175 e. The maximum absolute atomic E-state index is 9.12. The molecule has 0 bridgehead atoms. The molecule has 1 atom stereocenters. The van der Waals surface area contributed by atoms with Crippen molar-refractivity contribution in [2.45, 2.75) is 32.6 Å². The second-order valence-electron chi connectivity index (χ2n) is 4.12. The van der Waals surface area contributed by atoms with Gasteiger partial charge < -0.3 is 0 Å². The lowest BCUT2D eigenvalue weighted by Gasteiger charge is -2.25. The zero-order valence-corrected chi connectivity index (χ0v) is 8.95. The molecule has 2 nitrogen and oxygen atoms in total. The molecule has 0 radical (unpaired) electrons. The first-order valence-electron chi connectivity index (χ1n) is 5.14. The summed E-state index contributed by atoms with van der Waals surface area (Å²) in [6, 6.07) is 4.16. The van der Waals surface area contributed by atoms with E-state index in [0.29, 0.717) is 5.92 Å². The predicted molar refractivity (Wildman–Crippen MR) is 58.2 cm³/mol. The smallest absolute Gasteiger partial charge is 0.175 e. The lowest BCUT2D eigenvalue weighted by Crippen LogP contribution is -2.21. The Kier molecular flexibility index (Phi) is 3.54. The molecule has 0 aromatic carbocycles. The summed E-state index contributed by atoms with van der Waals surface area (Å²) in [7, 11) is 0. The van der Waals surface area contributed by atoms with Gasteiger partial charge in [0.25, 0.3) is 0 Å². The average molecular weight is 198 g/mol. The van der Waals surface area contributed by atoms with Gasteiger partial charge in [-0.2, -0.15) is 10.5 Å². The van der Waals surface area contributed by atoms with Gasteiger partial charge in [0, 0.05) is 6.42 Å². The molecule has 76 valence electrons. The fourth-order valence-electron chi connectivity index (χ4n) is 1.87. The molecule has 0 saturated heterocycles. The zero-order valence-electron chi connectivity index (χ0n) is 8.95. The van der Waals surface area contributed by atoms with Crippen LogP contribution in [0.3, 0.4) is 0 Å². The summed E-state index contributed by atoms with van der Waals surface area (Å²) in [5.41, 5.74) is -0.155. The molecular weight excluding hydrogens is 184 g/mol. The van der Waals surface area contributed by atoms with Gasteiger partial charge in [0.15, 0.2) is 5.41 Å². The highest BCUT2D eigenvalue weighted by Crippen LogP contribution is 2.37. The van der Waals surface area contributed by atoms with Crippen molar-refractivity contribution in [1.82, 2.24) is 0 Å². The third kappa shape index (κ3) is 2.20. The zero-order chi connectivity index (χ0) is 11.3. The predicted octanol–water partition coefficient (Wildman–Crippen LogP) is 2.79. The summed E-state index contributed by atoms with van der Waals surface area (Å²) in [5.74, 6) is 3.08. The van der Waals surface area contributed by atoms with Gasteiger partial charge in [-0.25, -0.2) is 0 Å². The lowest BCUT2D eigenvalue weighted by atomic mass is 9.74. The SMILES string of the molecule is C#CCC(C#N)(C#N)C1=CCC(C)CC1. The molecule has 0 amide bonds. The number of hydrogen-bond acceptors (Lipinski definition) is 2. The second-order valence-corrected chi connectivity index (χ2v) is 4.12. The van der Waals surface area contributed by atoms with Crippen LogP contribution in [0.1, 0.15) is 32.6 Å². The van der Waals surface area contributed by atoms with E-state index in [4.69, 9.17) is 16.9 Å². The van der Waals surface area contributed by atoms with E-state index in [9.17, 15) is 0 Å². The number of terminal acetylenes is 1. The first kappa shape index (κ1) is 11.4. The molecule has 1 aliphatic carbocycles. The van der Waals surface area contributed by atoms with Crippen LogP contribution < -0.4 is 0 Å². The van der Waals surface area contributed by atoms with Crippen LogP contribution in [-0.2, 0) is 0 Å². The van der Waals surface area contributed by atoms with E-state index < -0.39 is 5.41 Å². The van der Waals surface area contributed by atoms with Crippen molar-refractivity contribution in [2.24, 2.45) is 11.3 Å². The van der Waals surface area contributed by atoms with E-state index in [1.807, 2.05) is 6.08 Å². The molecule has 1 unspecified atom stereocenters. The fraction of sp³-hybridized carbons (Fsp3) is 0.538. The summed E-state index contributed by atoms with van der Waals surface area (Å²) in [6.07, 6.45) is 10.3. The van der Waals surface area contributed by atoms with Gasteiger partial charge in [0.2, 0.25) is 0 Å². The molecule has 0 aromatic heterocycles. The van der Waals surface area contributed by atoms with Crippen molar-refractivity contribution >= 4 is 0 Å². The van der Waals surface area contributed by atoms with Gasteiger partial charge in [-0.1, -0.05) is 13.0 Å². The Balaban J connectivity index is 2.98. The van der Waals surface area contributed by atoms with Crippen LogP contribution in [-0.4, -0.2) is 0 Å². The summed E-state index contributed by atoms with van der Waals surface area (Å²) in [5, 5.41) is 18.2. The van der Waals surface area contributed by atoms with Crippen molar-refractivity contribution in [3.63, 3.8) is 0 Å². The van der Waals surface area contributed by atoms with Crippen LogP contribution in [0, 0.1) is 46.3 Å². The van der Waals surface area contributed by atoms with Gasteiger partial charge in [-0.15, -0.1) is 12.3 Å². The first-order valence-corrected chi connectivity index (χ1v) is 5.14. The quantitative estimate of drug-likeness (QED) is 0.506. The van der Waals surface area contributed by atoms with Crippen LogP contribution in [0.2, 0.25) is 0 Å². The highest BCUT2D eigenvalue weighted by atomic mass is 14.4. The fourth-order valence-corrected chi connectivity index (χ4v) is 1.87. The van der Waals surface area contributed by atoms with E-state index >= 15 is 0 Å². The maximum atomic E-state index is 9.12. The Labute approximate surface area is 91.2 Å². The molecule has 15 heavy (non-hydrogen) atoms. The standard InChI is InChI=1S/C13H14N2/c1-3-8-13(9-14,10-15)12-6-4-11(2)5-7-12/h1,6,11H,4-5,7-8H2,2H3. The topological polar surface area (TPSA) is 47.6 Å². The van der Waals surface area contributed by atoms with E-state index in [1.54, 1.807) is 0 Å². The van der Waals surface area contributed by atoms with E-state index in [-0.39, 0.29) is 6.42 Å². The summed E-state index contributed by atoms with van der Waals surface area (Å²) < 4.78 is 0. The third-order valence-electron chi connectivity index (χ3n) is 2.97. The minimum Gasteiger partial charge on any atom is -0.196 e. The summed E-state index contributed by atoms with van der Waals surface area (Å²) in [6.45, 7) is 2.18. The van der Waals surface area contributed by atoms with Crippen LogP contribution in [0.4, 0.5) is 0 Å². The number of allylic oxidation sites excluding steroid dienone is 2. The van der Waals surface area contributed by atoms with Crippen LogP contribution in [0.5, 0.6) is 0 Å².